The third-order valence-corrected chi connectivity index (χ3v) is 3.52. The number of halogens is 1. The molecule has 0 saturated heterocycles. The highest BCUT2D eigenvalue weighted by Gasteiger charge is 2.08. The molecule has 6 heteroatoms. The molecule has 0 aliphatic heterocycles. The maximum Gasteiger partial charge on any atom is 0.126 e. The van der Waals surface area contributed by atoms with Crippen molar-refractivity contribution in [1.29, 1.82) is 0 Å². The number of hydrogen-bond acceptors (Lipinski definition) is 4. The summed E-state index contributed by atoms with van der Waals surface area (Å²) < 4.78 is 20.8. The van der Waals surface area contributed by atoms with Crippen molar-refractivity contribution in [3.05, 3.63) is 60.0 Å². The van der Waals surface area contributed by atoms with E-state index in [-0.39, 0.29) is 5.82 Å². The second kappa shape index (κ2) is 6.48. The molecule has 0 aliphatic rings. The lowest BCUT2D eigenvalue weighted by Gasteiger charge is -2.09. The van der Waals surface area contributed by atoms with E-state index < -0.39 is 0 Å². The van der Waals surface area contributed by atoms with Crippen LogP contribution in [0, 0.1) is 12.7 Å². The van der Waals surface area contributed by atoms with E-state index in [1.165, 1.54) is 6.07 Å². The van der Waals surface area contributed by atoms with Gasteiger partial charge in [0.1, 0.15) is 18.2 Å². The van der Waals surface area contributed by atoms with Crippen molar-refractivity contribution in [2.75, 3.05) is 12.3 Å². The third kappa shape index (κ3) is 3.48. The molecule has 1 heterocycles. The molecule has 1 aromatic heterocycles. The molecule has 0 unspecified atom stereocenters. The van der Waals surface area contributed by atoms with E-state index in [9.17, 15) is 4.39 Å². The summed E-state index contributed by atoms with van der Waals surface area (Å²) in [6.07, 6.45) is 1.66. The first-order chi connectivity index (χ1) is 11.1. The predicted molar refractivity (Wildman–Crippen MR) is 86.5 cm³/mol. The van der Waals surface area contributed by atoms with E-state index in [2.05, 4.69) is 10.3 Å². The van der Waals surface area contributed by atoms with Crippen molar-refractivity contribution in [1.82, 2.24) is 15.0 Å². The van der Waals surface area contributed by atoms with E-state index >= 15 is 0 Å². The normalized spacial score (nSPS) is 10.7. The molecular formula is C17H17FN4O. The number of nitrogens with two attached hydrogens (primary N) is 1. The van der Waals surface area contributed by atoms with Crippen molar-refractivity contribution in [2.24, 2.45) is 0 Å². The SMILES string of the molecule is Cc1cc(-c2cnnn2CCOc2ccc(N)cc2)ccc1F. The van der Waals surface area contributed by atoms with Crippen LogP contribution in [0.1, 0.15) is 5.56 Å². The standard InChI is InChI=1S/C17H17FN4O/c1-12-10-13(2-7-16(12)18)17-11-20-21-22(17)8-9-23-15-5-3-14(19)4-6-15/h2-7,10-11H,8-9,19H2,1H3. The number of anilines is 1. The summed E-state index contributed by atoms with van der Waals surface area (Å²) >= 11 is 0. The fourth-order valence-electron chi connectivity index (χ4n) is 2.26. The Bertz CT molecular complexity index is 799. The fourth-order valence-corrected chi connectivity index (χ4v) is 2.26. The second-order valence-corrected chi connectivity index (χ2v) is 5.22. The van der Waals surface area contributed by atoms with Crippen LogP contribution in [-0.4, -0.2) is 21.6 Å². The molecule has 5 nitrogen and oxygen atoms in total. The van der Waals surface area contributed by atoms with Gasteiger partial charge in [0.2, 0.25) is 0 Å². The highest BCUT2D eigenvalue weighted by atomic mass is 19.1. The smallest absolute Gasteiger partial charge is 0.126 e. The summed E-state index contributed by atoms with van der Waals surface area (Å²) in [7, 11) is 0. The minimum atomic E-state index is -0.223. The van der Waals surface area contributed by atoms with Crippen LogP contribution in [0.15, 0.2) is 48.7 Å². The van der Waals surface area contributed by atoms with Crippen LogP contribution >= 0.6 is 0 Å². The van der Waals surface area contributed by atoms with E-state index in [1.807, 2.05) is 12.1 Å². The molecule has 2 aromatic carbocycles. The molecule has 0 bridgehead atoms. The van der Waals surface area contributed by atoms with Crippen LogP contribution in [0.2, 0.25) is 0 Å². The van der Waals surface area contributed by atoms with Crippen molar-refractivity contribution in [2.45, 2.75) is 13.5 Å². The molecular weight excluding hydrogens is 295 g/mol. The summed E-state index contributed by atoms with van der Waals surface area (Å²) in [4.78, 5) is 0. The Kier molecular flexibility index (Phi) is 4.23. The van der Waals surface area contributed by atoms with Gasteiger partial charge in [0, 0.05) is 11.3 Å². The number of aryl methyl sites for hydroxylation is 1. The Balaban J connectivity index is 1.68. The van der Waals surface area contributed by atoms with E-state index in [0.717, 1.165) is 17.0 Å². The topological polar surface area (TPSA) is 66.0 Å². The number of benzene rings is 2. The van der Waals surface area contributed by atoms with Crippen LogP contribution < -0.4 is 10.5 Å². The molecule has 3 rings (SSSR count). The summed E-state index contributed by atoms with van der Waals surface area (Å²) in [5.41, 5.74) is 8.63. The first-order valence-corrected chi connectivity index (χ1v) is 7.27. The van der Waals surface area contributed by atoms with Gasteiger partial charge in [-0.3, -0.25) is 0 Å². The summed E-state index contributed by atoms with van der Waals surface area (Å²) in [5.74, 6) is 0.526. The zero-order chi connectivity index (χ0) is 16.2. The average molecular weight is 312 g/mol. The largest absolute Gasteiger partial charge is 0.492 e. The molecule has 0 amide bonds. The number of nitrogens with zero attached hydrogens (tertiary/aromatic N) is 3. The van der Waals surface area contributed by atoms with E-state index in [0.29, 0.717) is 24.4 Å². The summed E-state index contributed by atoms with van der Waals surface area (Å²) in [6.45, 7) is 2.72. The van der Waals surface area contributed by atoms with Gasteiger partial charge in [0.25, 0.3) is 0 Å². The molecule has 23 heavy (non-hydrogen) atoms. The monoisotopic (exact) mass is 312 g/mol. The van der Waals surface area contributed by atoms with Crippen LogP contribution in [0.3, 0.4) is 0 Å². The molecule has 0 radical (unpaired) electrons. The van der Waals surface area contributed by atoms with E-state index in [4.69, 9.17) is 10.5 Å². The number of hydrogen-bond donors (Lipinski definition) is 1. The second-order valence-electron chi connectivity index (χ2n) is 5.22. The zero-order valence-electron chi connectivity index (χ0n) is 12.7. The lowest BCUT2D eigenvalue weighted by Crippen LogP contribution is -2.11. The molecule has 0 atom stereocenters. The van der Waals surface area contributed by atoms with Gasteiger partial charge < -0.3 is 10.5 Å². The Morgan fingerprint density at radius 3 is 2.70 bits per heavy atom. The lowest BCUT2D eigenvalue weighted by atomic mass is 10.1. The lowest BCUT2D eigenvalue weighted by molar-refractivity contribution is 0.290. The first kappa shape index (κ1) is 15.0. The van der Waals surface area contributed by atoms with E-state index in [1.54, 1.807) is 42.1 Å². The minimum Gasteiger partial charge on any atom is -0.492 e. The number of aromatic nitrogens is 3. The van der Waals surface area contributed by atoms with Gasteiger partial charge >= 0.3 is 0 Å². The Labute approximate surface area is 133 Å². The minimum absolute atomic E-state index is 0.223. The maximum absolute atomic E-state index is 13.4. The van der Waals surface area contributed by atoms with Gasteiger partial charge in [0.15, 0.2) is 0 Å². The van der Waals surface area contributed by atoms with Gasteiger partial charge in [-0.25, -0.2) is 9.07 Å². The Hall–Kier alpha value is -2.89. The van der Waals surface area contributed by atoms with Crippen molar-refractivity contribution < 1.29 is 9.13 Å². The summed E-state index contributed by atoms with van der Waals surface area (Å²) in [6, 6.07) is 12.2. The molecule has 0 fully saturated rings. The summed E-state index contributed by atoms with van der Waals surface area (Å²) in [5, 5.41) is 8.00. The maximum atomic E-state index is 13.4. The van der Waals surface area contributed by atoms with Crippen LogP contribution in [0.4, 0.5) is 10.1 Å². The predicted octanol–water partition coefficient (Wildman–Crippen LogP) is 3.05. The van der Waals surface area contributed by atoms with Gasteiger partial charge in [-0.05, 0) is 55.0 Å². The third-order valence-electron chi connectivity index (χ3n) is 3.52. The molecule has 0 saturated carbocycles. The molecule has 0 spiro atoms. The van der Waals surface area contributed by atoms with Gasteiger partial charge in [-0.2, -0.15) is 0 Å². The highest BCUT2D eigenvalue weighted by molar-refractivity contribution is 5.59. The van der Waals surface area contributed by atoms with Gasteiger partial charge in [-0.1, -0.05) is 5.21 Å². The Morgan fingerprint density at radius 2 is 1.96 bits per heavy atom. The van der Waals surface area contributed by atoms with Gasteiger partial charge in [0.05, 0.1) is 18.4 Å². The molecule has 118 valence electrons. The van der Waals surface area contributed by atoms with Crippen molar-refractivity contribution >= 4 is 5.69 Å². The zero-order valence-corrected chi connectivity index (χ0v) is 12.7. The van der Waals surface area contributed by atoms with Crippen molar-refractivity contribution in [3.8, 4) is 17.0 Å². The molecule has 2 N–H and O–H groups in total. The fraction of sp³-hybridized carbons (Fsp3) is 0.176. The number of rotatable bonds is 5. The number of ether oxygens (including phenoxy) is 1. The van der Waals surface area contributed by atoms with Crippen molar-refractivity contribution in [3.63, 3.8) is 0 Å². The number of nitrogen functional groups attached to an aromatic ring is 1. The quantitative estimate of drug-likeness (QED) is 0.735. The van der Waals surface area contributed by atoms with Crippen LogP contribution in [0.5, 0.6) is 5.75 Å². The molecule has 3 aromatic rings. The van der Waals surface area contributed by atoms with Gasteiger partial charge in [-0.15, -0.1) is 5.10 Å². The Morgan fingerprint density at radius 1 is 1.17 bits per heavy atom. The van der Waals surface area contributed by atoms with Crippen LogP contribution in [-0.2, 0) is 6.54 Å². The van der Waals surface area contributed by atoms with Crippen LogP contribution in [0.25, 0.3) is 11.3 Å². The molecule has 0 aliphatic carbocycles. The average Bonchev–Trinajstić information content (AvgIpc) is 3.00. The first-order valence-electron chi connectivity index (χ1n) is 7.27. The highest BCUT2D eigenvalue weighted by Crippen LogP contribution is 2.21.